The van der Waals surface area contributed by atoms with Crippen molar-refractivity contribution in [2.45, 2.75) is 6.54 Å². The number of carbonyl (C=O) groups is 1. The van der Waals surface area contributed by atoms with E-state index in [0.717, 1.165) is 5.56 Å². The van der Waals surface area contributed by atoms with Gasteiger partial charge in [-0.1, -0.05) is 11.6 Å². The molecule has 17 heavy (non-hydrogen) atoms. The zero-order valence-electron chi connectivity index (χ0n) is 8.90. The van der Waals surface area contributed by atoms with Crippen LogP contribution in [-0.2, 0) is 6.54 Å². The maximum Gasteiger partial charge on any atom is 0.253 e. The molecule has 0 spiro atoms. The van der Waals surface area contributed by atoms with Crippen LogP contribution >= 0.6 is 11.6 Å². The van der Waals surface area contributed by atoms with Gasteiger partial charge in [-0.15, -0.1) is 0 Å². The molecular weight excluding hydrogens is 240 g/mol. The molecule has 6 heteroatoms. The number of rotatable bonds is 3. The molecule has 0 saturated heterocycles. The summed E-state index contributed by atoms with van der Waals surface area (Å²) >= 11 is 5.81. The number of nitrogens with one attached hydrogen (secondary N) is 2. The van der Waals surface area contributed by atoms with Crippen molar-refractivity contribution < 1.29 is 4.79 Å². The minimum Gasteiger partial charge on any atom is -0.398 e. The van der Waals surface area contributed by atoms with Gasteiger partial charge >= 0.3 is 0 Å². The Morgan fingerprint density at radius 1 is 1.53 bits per heavy atom. The number of anilines is 1. The van der Waals surface area contributed by atoms with Gasteiger partial charge < -0.3 is 11.1 Å². The van der Waals surface area contributed by atoms with E-state index in [2.05, 4.69) is 15.5 Å². The monoisotopic (exact) mass is 250 g/mol. The molecule has 0 aliphatic heterocycles. The van der Waals surface area contributed by atoms with Crippen LogP contribution < -0.4 is 11.1 Å². The third kappa shape index (κ3) is 2.76. The molecule has 0 aliphatic rings. The maximum atomic E-state index is 11.8. The quantitative estimate of drug-likeness (QED) is 0.723. The number of aromatic amines is 1. The van der Waals surface area contributed by atoms with Crippen LogP contribution in [0.4, 0.5) is 5.69 Å². The van der Waals surface area contributed by atoms with Crippen molar-refractivity contribution in [3.05, 3.63) is 46.7 Å². The number of carbonyl (C=O) groups excluding carboxylic acids is 1. The summed E-state index contributed by atoms with van der Waals surface area (Å²) in [6.07, 6.45) is 3.35. The second-order valence-corrected chi connectivity index (χ2v) is 3.96. The van der Waals surface area contributed by atoms with Crippen LogP contribution in [0.3, 0.4) is 0 Å². The van der Waals surface area contributed by atoms with Gasteiger partial charge in [-0.25, -0.2) is 0 Å². The number of benzene rings is 1. The highest BCUT2D eigenvalue weighted by Gasteiger charge is 2.09. The van der Waals surface area contributed by atoms with E-state index in [9.17, 15) is 4.79 Å². The van der Waals surface area contributed by atoms with Crippen molar-refractivity contribution in [3.63, 3.8) is 0 Å². The molecule has 5 nitrogen and oxygen atoms in total. The van der Waals surface area contributed by atoms with Gasteiger partial charge in [-0.2, -0.15) is 5.10 Å². The number of H-pyrrole nitrogens is 1. The van der Waals surface area contributed by atoms with E-state index < -0.39 is 0 Å². The van der Waals surface area contributed by atoms with Gasteiger partial charge in [0.1, 0.15) is 0 Å². The lowest BCUT2D eigenvalue weighted by molar-refractivity contribution is 0.0952. The Hall–Kier alpha value is -2.01. The van der Waals surface area contributed by atoms with Crippen LogP contribution in [0.1, 0.15) is 15.9 Å². The molecule has 0 radical (unpaired) electrons. The van der Waals surface area contributed by atoms with Gasteiger partial charge in [-0.05, 0) is 18.2 Å². The van der Waals surface area contributed by atoms with Crippen LogP contribution in [0.2, 0.25) is 5.02 Å². The second kappa shape index (κ2) is 4.88. The molecule has 4 N–H and O–H groups in total. The molecule has 1 amide bonds. The number of hydrogen-bond donors (Lipinski definition) is 3. The minimum absolute atomic E-state index is 0.258. The maximum absolute atomic E-state index is 11.8. The second-order valence-electron chi connectivity index (χ2n) is 3.52. The molecule has 0 fully saturated rings. The van der Waals surface area contributed by atoms with Crippen LogP contribution in [0.25, 0.3) is 0 Å². The van der Waals surface area contributed by atoms with E-state index in [-0.39, 0.29) is 5.91 Å². The summed E-state index contributed by atoms with van der Waals surface area (Å²) in [7, 11) is 0. The fourth-order valence-electron chi connectivity index (χ4n) is 1.38. The Labute approximate surface area is 103 Å². The Morgan fingerprint density at radius 3 is 3.06 bits per heavy atom. The standard InChI is InChI=1S/C11H11ClN4O/c12-8-1-2-10(13)9(3-8)11(17)14-4-7-5-15-16-6-7/h1-3,5-6H,4,13H2,(H,14,17)(H,15,16). The van der Waals surface area contributed by atoms with Gasteiger partial charge in [0, 0.05) is 29.0 Å². The fourth-order valence-corrected chi connectivity index (χ4v) is 1.55. The fraction of sp³-hybridized carbons (Fsp3) is 0.0909. The summed E-state index contributed by atoms with van der Waals surface area (Å²) in [6, 6.07) is 4.79. The molecule has 0 saturated carbocycles. The SMILES string of the molecule is Nc1ccc(Cl)cc1C(=O)NCc1cn[nH]c1. The highest BCUT2D eigenvalue weighted by atomic mass is 35.5. The topological polar surface area (TPSA) is 83.8 Å². The third-order valence-corrected chi connectivity index (χ3v) is 2.50. The highest BCUT2D eigenvalue weighted by molar-refractivity contribution is 6.31. The summed E-state index contributed by atoms with van der Waals surface area (Å²) in [4.78, 5) is 11.8. The van der Waals surface area contributed by atoms with Crippen molar-refractivity contribution in [1.29, 1.82) is 0 Å². The first kappa shape index (κ1) is 11.5. The predicted octanol–water partition coefficient (Wildman–Crippen LogP) is 1.58. The van der Waals surface area contributed by atoms with E-state index in [1.165, 1.54) is 0 Å². The van der Waals surface area contributed by atoms with Crippen LogP contribution in [0, 0.1) is 0 Å². The number of amides is 1. The first-order chi connectivity index (χ1) is 8.16. The van der Waals surface area contributed by atoms with Gasteiger partial charge in [0.2, 0.25) is 0 Å². The lowest BCUT2D eigenvalue weighted by Gasteiger charge is -2.06. The highest BCUT2D eigenvalue weighted by Crippen LogP contribution is 2.17. The van der Waals surface area contributed by atoms with Crippen LogP contribution in [0.15, 0.2) is 30.6 Å². The molecule has 1 aromatic carbocycles. The summed E-state index contributed by atoms with van der Waals surface area (Å²) in [5, 5.41) is 9.66. The van der Waals surface area contributed by atoms with E-state index in [0.29, 0.717) is 22.8 Å². The Morgan fingerprint density at radius 2 is 2.35 bits per heavy atom. The lowest BCUT2D eigenvalue weighted by atomic mass is 10.1. The zero-order valence-corrected chi connectivity index (χ0v) is 9.66. The zero-order chi connectivity index (χ0) is 12.3. The minimum atomic E-state index is -0.258. The smallest absolute Gasteiger partial charge is 0.253 e. The molecule has 2 rings (SSSR count). The number of hydrogen-bond acceptors (Lipinski definition) is 3. The number of nitrogens with zero attached hydrogens (tertiary/aromatic N) is 1. The molecule has 1 aromatic heterocycles. The molecule has 0 aliphatic carbocycles. The molecule has 0 bridgehead atoms. The van der Waals surface area contributed by atoms with Gasteiger partial charge in [0.05, 0.1) is 11.8 Å². The van der Waals surface area contributed by atoms with E-state index in [4.69, 9.17) is 17.3 Å². The Kier molecular flexibility index (Phi) is 3.30. The van der Waals surface area contributed by atoms with E-state index in [1.54, 1.807) is 30.6 Å². The van der Waals surface area contributed by atoms with Crippen molar-refractivity contribution >= 4 is 23.2 Å². The molecule has 0 atom stereocenters. The van der Waals surface area contributed by atoms with Crippen LogP contribution in [0.5, 0.6) is 0 Å². The summed E-state index contributed by atoms with van der Waals surface area (Å²) < 4.78 is 0. The Balaban J connectivity index is 2.07. The first-order valence-electron chi connectivity index (χ1n) is 4.97. The van der Waals surface area contributed by atoms with Gasteiger partial charge in [0.25, 0.3) is 5.91 Å². The average molecular weight is 251 g/mol. The van der Waals surface area contributed by atoms with Crippen LogP contribution in [-0.4, -0.2) is 16.1 Å². The number of nitrogen functional groups attached to an aromatic ring is 1. The molecular formula is C11H11ClN4O. The summed E-state index contributed by atoms with van der Waals surface area (Å²) in [5.41, 5.74) is 7.37. The normalized spacial score (nSPS) is 10.2. The predicted molar refractivity (Wildman–Crippen MR) is 65.6 cm³/mol. The molecule has 88 valence electrons. The van der Waals surface area contributed by atoms with Crippen molar-refractivity contribution in [3.8, 4) is 0 Å². The largest absolute Gasteiger partial charge is 0.398 e. The lowest BCUT2D eigenvalue weighted by Crippen LogP contribution is -2.23. The van der Waals surface area contributed by atoms with Crippen molar-refractivity contribution in [1.82, 2.24) is 15.5 Å². The molecule has 1 heterocycles. The number of nitrogens with two attached hydrogens (primary N) is 1. The summed E-state index contributed by atoms with van der Waals surface area (Å²) in [6.45, 7) is 0.390. The number of aromatic nitrogens is 2. The Bertz CT molecular complexity index is 524. The van der Waals surface area contributed by atoms with Gasteiger partial charge in [-0.3, -0.25) is 9.89 Å². The third-order valence-electron chi connectivity index (χ3n) is 2.27. The van der Waals surface area contributed by atoms with Crippen molar-refractivity contribution in [2.75, 3.05) is 5.73 Å². The molecule has 2 aromatic rings. The van der Waals surface area contributed by atoms with E-state index in [1.807, 2.05) is 0 Å². The summed E-state index contributed by atoms with van der Waals surface area (Å²) in [5.74, 6) is -0.258. The van der Waals surface area contributed by atoms with Crippen molar-refractivity contribution in [2.24, 2.45) is 0 Å². The molecule has 0 unspecified atom stereocenters. The number of halogens is 1. The van der Waals surface area contributed by atoms with E-state index >= 15 is 0 Å². The van der Waals surface area contributed by atoms with Gasteiger partial charge in [0.15, 0.2) is 0 Å². The first-order valence-corrected chi connectivity index (χ1v) is 5.35. The average Bonchev–Trinajstić information content (AvgIpc) is 2.82.